The Hall–Kier alpha value is -1.55. The summed E-state index contributed by atoms with van der Waals surface area (Å²) in [5, 5.41) is 31.0. The number of primary amides is 1. The monoisotopic (exact) mass is 277 g/mol. The highest BCUT2D eigenvalue weighted by Crippen LogP contribution is 2.15. The standard InChI is InChI=1S/C10H16FN3O5/c1-5(17)7(3-15)19-8(4-16)14-2-6(11)9(13-14)10(12)18/h2,5,7-8,15-17H,3-4H2,1H3,(H2,12,18)/t5-,7-,8-/m1/s1. The molecule has 0 unspecified atom stereocenters. The van der Waals surface area contributed by atoms with Gasteiger partial charge in [0.25, 0.3) is 5.91 Å². The van der Waals surface area contributed by atoms with E-state index in [9.17, 15) is 14.3 Å². The van der Waals surface area contributed by atoms with E-state index >= 15 is 0 Å². The van der Waals surface area contributed by atoms with Gasteiger partial charge in [0.2, 0.25) is 0 Å². The predicted octanol–water partition coefficient (Wildman–Crippen LogP) is -1.63. The van der Waals surface area contributed by atoms with Crippen molar-refractivity contribution in [2.45, 2.75) is 25.4 Å². The van der Waals surface area contributed by atoms with Gasteiger partial charge in [0.05, 0.1) is 25.5 Å². The minimum absolute atomic E-state index is 0.499. The van der Waals surface area contributed by atoms with Crippen molar-refractivity contribution in [2.75, 3.05) is 13.2 Å². The summed E-state index contributed by atoms with van der Waals surface area (Å²) in [5.41, 5.74) is 4.32. The van der Waals surface area contributed by atoms with Gasteiger partial charge >= 0.3 is 0 Å². The zero-order valence-corrected chi connectivity index (χ0v) is 10.2. The SMILES string of the molecule is C[C@@H](O)[C@@H](CO)O[C@H](CO)n1cc(F)c(C(N)=O)n1. The first-order valence-electron chi connectivity index (χ1n) is 5.50. The third-order valence-electron chi connectivity index (χ3n) is 2.42. The van der Waals surface area contributed by atoms with Crippen LogP contribution in [0.2, 0.25) is 0 Å². The quantitative estimate of drug-likeness (QED) is 0.473. The summed E-state index contributed by atoms with van der Waals surface area (Å²) in [4.78, 5) is 10.9. The number of aliphatic hydroxyl groups excluding tert-OH is 3. The highest BCUT2D eigenvalue weighted by atomic mass is 19.1. The molecule has 5 N–H and O–H groups in total. The topological polar surface area (TPSA) is 131 Å². The lowest BCUT2D eigenvalue weighted by molar-refractivity contribution is -0.137. The van der Waals surface area contributed by atoms with Crippen LogP contribution in [-0.2, 0) is 4.74 Å². The number of amides is 1. The lowest BCUT2D eigenvalue weighted by Gasteiger charge is -2.24. The normalized spacial score (nSPS) is 16.1. The zero-order valence-electron chi connectivity index (χ0n) is 10.2. The van der Waals surface area contributed by atoms with E-state index in [0.29, 0.717) is 0 Å². The van der Waals surface area contributed by atoms with Gasteiger partial charge in [-0.2, -0.15) is 5.10 Å². The smallest absolute Gasteiger partial charge is 0.272 e. The third kappa shape index (κ3) is 3.70. The van der Waals surface area contributed by atoms with Gasteiger partial charge in [0, 0.05) is 0 Å². The minimum atomic E-state index is -1.16. The molecular weight excluding hydrogens is 261 g/mol. The molecule has 1 aromatic rings. The van der Waals surface area contributed by atoms with Crippen LogP contribution >= 0.6 is 0 Å². The van der Waals surface area contributed by atoms with E-state index < -0.39 is 49.1 Å². The minimum Gasteiger partial charge on any atom is -0.394 e. The Morgan fingerprint density at radius 1 is 1.58 bits per heavy atom. The molecule has 0 saturated heterocycles. The van der Waals surface area contributed by atoms with Crippen molar-refractivity contribution in [3.05, 3.63) is 17.7 Å². The van der Waals surface area contributed by atoms with Crippen LogP contribution in [0.1, 0.15) is 23.6 Å². The maximum absolute atomic E-state index is 13.3. The van der Waals surface area contributed by atoms with Crippen molar-refractivity contribution in [3.8, 4) is 0 Å². The Bertz CT molecular complexity index is 437. The second kappa shape index (κ2) is 6.57. The third-order valence-corrected chi connectivity index (χ3v) is 2.42. The van der Waals surface area contributed by atoms with Gasteiger partial charge in [0.15, 0.2) is 17.7 Å². The summed E-state index contributed by atoms with van der Waals surface area (Å²) in [6, 6.07) is 0. The maximum atomic E-state index is 13.3. The number of rotatable bonds is 7. The molecule has 8 nitrogen and oxygen atoms in total. The number of nitrogens with zero attached hydrogens (tertiary/aromatic N) is 2. The Kier molecular flexibility index (Phi) is 5.36. The highest BCUT2D eigenvalue weighted by molar-refractivity contribution is 5.90. The number of carbonyl (C=O) groups excluding carboxylic acids is 1. The van der Waals surface area contributed by atoms with Crippen molar-refractivity contribution in [1.29, 1.82) is 0 Å². The molecule has 1 aromatic heterocycles. The van der Waals surface area contributed by atoms with Gasteiger partial charge in [-0.15, -0.1) is 0 Å². The van der Waals surface area contributed by atoms with Crippen LogP contribution in [0.5, 0.6) is 0 Å². The molecule has 1 amide bonds. The van der Waals surface area contributed by atoms with Crippen molar-refractivity contribution in [3.63, 3.8) is 0 Å². The van der Waals surface area contributed by atoms with Crippen LogP contribution in [-0.4, -0.2) is 56.4 Å². The van der Waals surface area contributed by atoms with Gasteiger partial charge in [0.1, 0.15) is 6.10 Å². The number of aliphatic hydroxyl groups is 3. The van der Waals surface area contributed by atoms with Crippen LogP contribution < -0.4 is 5.73 Å². The van der Waals surface area contributed by atoms with Crippen molar-refractivity contribution < 1.29 is 29.2 Å². The molecule has 0 aliphatic heterocycles. The van der Waals surface area contributed by atoms with Gasteiger partial charge < -0.3 is 25.8 Å². The number of carbonyl (C=O) groups is 1. The first-order chi connectivity index (χ1) is 8.90. The van der Waals surface area contributed by atoms with E-state index in [1.807, 2.05) is 0 Å². The molecule has 108 valence electrons. The average Bonchev–Trinajstić information content (AvgIpc) is 2.72. The average molecular weight is 277 g/mol. The van der Waals surface area contributed by atoms with E-state index in [4.69, 9.17) is 20.7 Å². The maximum Gasteiger partial charge on any atom is 0.272 e. The van der Waals surface area contributed by atoms with Crippen molar-refractivity contribution >= 4 is 5.91 Å². The molecule has 19 heavy (non-hydrogen) atoms. The Morgan fingerprint density at radius 3 is 2.58 bits per heavy atom. The van der Waals surface area contributed by atoms with Crippen LogP contribution in [0.25, 0.3) is 0 Å². The summed E-state index contributed by atoms with van der Waals surface area (Å²) in [7, 11) is 0. The largest absolute Gasteiger partial charge is 0.394 e. The fraction of sp³-hybridized carbons (Fsp3) is 0.600. The van der Waals surface area contributed by atoms with Crippen LogP contribution in [0.3, 0.4) is 0 Å². The molecule has 0 aliphatic rings. The number of ether oxygens (including phenoxy) is 1. The first-order valence-corrected chi connectivity index (χ1v) is 5.50. The van der Waals surface area contributed by atoms with E-state index in [2.05, 4.69) is 5.10 Å². The van der Waals surface area contributed by atoms with Crippen molar-refractivity contribution in [2.24, 2.45) is 5.73 Å². The number of nitrogens with two attached hydrogens (primary N) is 1. The molecule has 0 fully saturated rings. The lowest BCUT2D eigenvalue weighted by atomic mass is 10.2. The summed E-state index contributed by atoms with van der Waals surface area (Å²) in [6.07, 6.45) is -2.32. The summed E-state index contributed by atoms with van der Waals surface area (Å²) in [6.45, 7) is 0.289. The fourth-order valence-electron chi connectivity index (χ4n) is 1.38. The Morgan fingerprint density at radius 2 is 2.21 bits per heavy atom. The molecule has 0 bridgehead atoms. The second-order valence-electron chi connectivity index (χ2n) is 3.90. The Labute approximate surface area is 108 Å². The number of hydrogen-bond donors (Lipinski definition) is 4. The first kappa shape index (κ1) is 15.5. The molecule has 0 spiro atoms. The van der Waals surface area contributed by atoms with Crippen LogP contribution in [0.4, 0.5) is 4.39 Å². The van der Waals surface area contributed by atoms with E-state index in [1.165, 1.54) is 6.92 Å². The number of aromatic nitrogens is 2. The van der Waals surface area contributed by atoms with Gasteiger partial charge in [-0.3, -0.25) is 4.79 Å². The number of halogens is 1. The molecule has 1 rings (SSSR count). The van der Waals surface area contributed by atoms with Gasteiger partial charge in [-0.25, -0.2) is 9.07 Å². The molecule has 9 heteroatoms. The predicted molar refractivity (Wildman–Crippen MR) is 60.5 cm³/mol. The molecule has 0 radical (unpaired) electrons. The molecular formula is C10H16FN3O5. The van der Waals surface area contributed by atoms with Crippen LogP contribution in [0.15, 0.2) is 6.20 Å². The zero-order chi connectivity index (χ0) is 14.6. The van der Waals surface area contributed by atoms with Gasteiger partial charge in [-0.1, -0.05) is 0 Å². The second-order valence-corrected chi connectivity index (χ2v) is 3.90. The van der Waals surface area contributed by atoms with Gasteiger partial charge in [-0.05, 0) is 6.92 Å². The molecule has 1 heterocycles. The Balaban J connectivity index is 2.91. The van der Waals surface area contributed by atoms with E-state index in [1.54, 1.807) is 0 Å². The molecule has 0 aliphatic carbocycles. The van der Waals surface area contributed by atoms with E-state index in [-0.39, 0.29) is 0 Å². The highest BCUT2D eigenvalue weighted by Gasteiger charge is 2.24. The van der Waals surface area contributed by atoms with Crippen LogP contribution in [0, 0.1) is 5.82 Å². The molecule has 0 saturated carbocycles. The molecule has 0 aromatic carbocycles. The summed E-state index contributed by atoms with van der Waals surface area (Å²) < 4.78 is 19.4. The van der Waals surface area contributed by atoms with E-state index in [0.717, 1.165) is 10.9 Å². The summed E-state index contributed by atoms with van der Waals surface area (Å²) in [5.74, 6) is -2.01. The fourth-order valence-corrected chi connectivity index (χ4v) is 1.38. The molecule has 3 atom stereocenters. The number of hydrogen-bond acceptors (Lipinski definition) is 6. The lowest BCUT2D eigenvalue weighted by Crippen LogP contribution is -2.34. The summed E-state index contributed by atoms with van der Waals surface area (Å²) >= 11 is 0. The van der Waals surface area contributed by atoms with Crippen molar-refractivity contribution in [1.82, 2.24) is 9.78 Å².